The maximum atomic E-state index is 11.3. The van der Waals surface area contributed by atoms with Crippen LogP contribution in [0.2, 0.25) is 0 Å². The fourth-order valence-corrected chi connectivity index (χ4v) is 2.59. The standard InChI is InChI=1S/C19H15N7O3/c27-19(28)14-9-5-4-8-13(14)11-21-24-16-15(20-10-12-6-2-1-3-7-12)22-17-18(23-16)26-29-25-17/h1-9,11H,10H2,(H,27,28)(H,20,22,25)(H,23,24,26). The minimum atomic E-state index is -1.04. The Balaban J connectivity index is 1.58. The van der Waals surface area contributed by atoms with Gasteiger partial charge in [0.15, 0.2) is 11.6 Å². The van der Waals surface area contributed by atoms with Gasteiger partial charge in [-0.2, -0.15) is 10.1 Å². The Kier molecular flexibility index (Phi) is 5.06. The topological polar surface area (TPSA) is 138 Å². The summed E-state index contributed by atoms with van der Waals surface area (Å²) < 4.78 is 4.67. The fraction of sp³-hybridized carbons (Fsp3) is 0.0526. The van der Waals surface area contributed by atoms with Crippen LogP contribution in [0.3, 0.4) is 0 Å². The molecule has 144 valence electrons. The van der Waals surface area contributed by atoms with Gasteiger partial charge in [0.25, 0.3) is 0 Å². The number of aromatic carboxylic acids is 1. The molecule has 0 fully saturated rings. The molecular formula is C19H15N7O3. The van der Waals surface area contributed by atoms with Crippen LogP contribution in [0.4, 0.5) is 11.6 Å². The smallest absolute Gasteiger partial charge is 0.336 e. The lowest BCUT2D eigenvalue weighted by Crippen LogP contribution is -2.07. The number of rotatable bonds is 7. The second-order valence-electron chi connectivity index (χ2n) is 5.93. The summed E-state index contributed by atoms with van der Waals surface area (Å²) in [4.78, 5) is 20.0. The summed E-state index contributed by atoms with van der Waals surface area (Å²) in [5.41, 5.74) is 4.90. The third kappa shape index (κ3) is 4.16. The van der Waals surface area contributed by atoms with E-state index < -0.39 is 5.97 Å². The Bertz CT molecular complexity index is 1170. The molecule has 3 N–H and O–H groups in total. The molecule has 0 spiro atoms. The summed E-state index contributed by atoms with van der Waals surface area (Å²) in [5, 5.41) is 23.9. The Morgan fingerprint density at radius 3 is 2.45 bits per heavy atom. The molecule has 2 aromatic heterocycles. The van der Waals surface area contributed by atoms with Crippen LogP contribution < -0.4 is 10.7 Å². The van der Waals surface area contributed by atoms with E-state index in [0.717, 1.165) is 5.56 Å². The predicted octanol–water partition coefficient (Wildman–Crippen LogP) is 2.77. The van der Waals surface area contributed by atoms with Gasteiger partial charge in [-0.3, -0.25) is 5.43 Å². The molecule has 4 rings (SSSR count). The van der Waals surface area contributed by atoms with E-state index in [9.17, 15) is 9.90 Å². The number of aromatic nitrogens is 4. The van der Waals surface area contributed by atoms with Crippen LogP contribution in [0.1, 0.15) is 21.5 Å². The molecule has 0 aliphatic carbocycles. The molecular weight excluding hydrogens is 374 g/mol. The van der Waals surface area contributed by atoms with Crippen molar-refractivity contribution in [2.45, 2.75) is 6.54 Å². The van der Waals surface area contributed by atoms with Crippen LogP contribution in [0.25, 0.3) is 11.3 Å². The first-order chi connectivity index (χ1) is 14.2. The highest BCUT2D eigenvalue weighted by molar-refractivity contribution is 5.98. The quantitative estimate of drug-likeness (QED) is 0.321. The Morgan fingerprint density at radius 1 is 1.00 bits per heavy atom. The minimum absolute atomic E-state index is 0.141. The van der Waals surface area contributed by atoms with Gasteiger partial charge in [-0.15, -0.1) is 0 Å². The van der Waals surface area contributed by atoms with E-state index in [1.165, 1.54) is 12.3 Å². The lowest BCUT2D eigenvalue weighted by Gasteiger charge is -2.09. The van der Waals surface area contributed by atoms with E-state index in [-0.39, 0.29) is 16.9 Å². The molecule has 0 saturated carbocycles. The SMILES string of the molecule is O=C(O)c1ccccc1C=NNc1nc2nonc2nc1NCc1ccccc1. The van der Waals surface area contributed by atoms with Crippen molar-refractivity contribution in [2.75, 3.05) is 10.7 Å². The number of hydrogen-bond acceptors (Lipinski definition) is 9. The van der Waals surface area contributed by atoms with E-state index in [2.05, 4.69) is 40.8 Å². The van der Waals surface area contributed by atoms with Gasteiger partial charge in [-0.1, -0.05) is 48.5 Å². The fourth-order valence-electron chi connectivity index (χ4n) is 2.59. The number of nitrogens with zero attached hydrogens (tertiary/aromatic N) is 5. The zero-order valence-electron chi connectivity index (χ0n) is 15.0. The van der Waals surface area contributed by atoms with Crippen LogP contribution in [-0.4, -0.2) is 37.6 Å². The van der Waals surface area contributed by atoms with Gasteiger partial charge in [0.1, 0.15) is 0 Å². The first kappa shape index (κ1) is 18.0. The molecule has 0 aliphatic rings. The Morgan fingerprint density at radius 2 is 1.69 bits per heavy atom. The lowest BCUT2D eigenvalue weighted by atomic mass is 10.1. The summed E-state index contributed by atoms with van der Waals surface area (Å²) in [6.07, 6.45) is 1.40. The maximum Gasteiger partial charge on any atom is 0.336 e. The van der Waals surface area contributed by atoms with Gasteiger partial charge in [-0.25, -0.2) is 14.4 Å². The van der Waals surface area contributed by atoms with Crippen molar-refractivity contribution in [3.05, 3.63) is 71.3 Å². The van der Waals surface area contributed by atoms with Crippen molar-refractivity contribution in [3.8, 4) is 0 Å². The largest absolute Gasteiger partial charge is 0.478 e. The molecule has 4 aromatic rings. The second kappa shape index (κ2) is 8.13. The number of carbonyl (C=O) groups is 1. The van der Waals surface area contributed by atoms with Crippen molar-refractivity contribution in [2.24, 2.45) is 5.10 Å². The maximum absolute atomic E-state index is 11.3. The van der Waals surface area contributed by atoms with Crippen molar-refractivity contribution >= 4 is 35.1 Å². The van der Waals surface area contributed by atoms with Gasteiger partial charge in [-0.05, 0) is 21.9 Å². The molecule has 0 radical (unpaired) electrons. The molecule has 0 aliphatic heterocycles. The Hall–Kier alpha value is -4.34. The number of carboxylic acid groups (broad SMARTS) is 1. The molecule has 0 unspecified atom stereocenters. The summed E-state index contributed by atoms with van der Waals surface area (Å²) in [5.74, 6) is -0.332. The zero-order valence-corrected chi connectivity index (χ0v) is 15.0. The molecule has 0 saturated heterocycles. The number of anilines is 2. The zero-order chi connectivity index (χ0) is 20.1. The highest BCUT2D eigenvalue weighted by Crippen LogP contribution is 2.20. The van der Waals surface area contributed by atoms with Crippen LogP contribution in [-0.2, 0) is 6.54 Å². The number of carboxylic acids is 1. The highest BCUT2D eigenvalue weighted by Gasteiger charge is 2.12. The summed E-state index contributed by atoms with van der Waals surface area (Å²) in [7, 11) is 0. The second-order valence-corrected chi connectivity index (χ2v) is 5.93. The van der Waals surface area contributed by atoms with Crippen molar-refractivity contribution in [3.63, 3.8) is 0 Å². The average molecular weight is 389 g/mol. The van der Waals surface area contributed by atoms with E-state index in [1.807, 2.05) is 30.3 Å². The summed E-state index contributed by atoms with van der Waals surface area (Å²) >= 11 is 0. The van der Waals surface area contributed by atoms with Gasteiger partial charge in [0.05, 0.1) is 11.8 Å². The van der Waals surface area contributed by atoms with Crippen LogP contribution >= 0.6 is 0 Å². The third-order valence-electron chi connectivity index (χ3n) is 3.98. The number of nitrogens with one attached hydrogen (secondary N) is 2. The van der Waals surface area contributed by atoms with E-state index in [0.29, 0.717) is 23.7 Å². The summed E-state index contributed by atoms with van der Waals surface area (Å²) in [6.45, 7) is 0.506. The number of benzene rings is 2. The van der Waals surface area contributed by atoms with Crippen molar-refractivity contribution in [1.82, 2.24) is 20.3 Å². The molecule has 10 heteroatoms. The Labute approximate surface area is 164 Å². The van der Waals surface area contributed by atoms with Crippen LogP contribution in [0.15, 0.2) is 64.3 Å². The molecule has 0 atom stereocenters. The predicted molar refractivity (Wildman–Crippen MR) is 106 cm³/mol. The molecule has 0 bridgehead atoms. The van der Waals surface area contributed by atoms with Gasteiger partial charge < -0.3 is 10.4 Å². The normalized spacial score (nSPS) is 11.0. The van der Waals surface area contributed by atoms with Crippen molar-refractivity contribution in [1.29, 1.82) is 0 Å². The van der Waals surface area contributed by atoms with E-state index in [4.69, 9.17) is 0 Å². The lowest BCUT2D eigenvalue weighted by molar-refractivity contribution is 0.0696. The molecule has 29 heavy (non-hydrogen) atoms. The average Bonchev–Trinajstić information content (AvgIpc) is 3.20. The van der Waals surface area contributed by atoms with Crippen LogP contribution in [0, 0.1) is 0 Å². The molecule has 2 heterocycles. The van der Waals surface area contributed by atoms with Gasteiger partial charge >= 0.3 is 5.97 Å². The monoisotopic (exact) mass is 389 g/mol. The summed E-state index contributed by atoms with van der Waals surface area (Å²) in [6, 6.07) is 16.3. The molecule has 0 amide bonds. The van der Waals surface area contributed by atoms with E-state index in [1.54, 1.807) is 18.2 Å². The first-order valence-corrected chi connectivity index (χ1v) is 8.60. The number of fused-ring (bicyclic) bond motifs is 1. The third-order valence-corrected chi connectivity index (χ3v) is 3.98. The molecule has 2 aromatic carbocycles. The number of hydrazone groups is 1. The molecule has 10 nitrogen and oxygen atoms in total. The number of hydrogen-bond donors (Lipinski definition) is 3. The van der Waals surface area contributed by atoms with Crippen LogP contribution in [0.5, 0.6) is 0 Å². The highest BCUT2D eigenvalue weighted by atomic mass is 16.6. The van der Waals surface area contributed by atoms with Gasteiger partial charge in [0, 0.05) is 12.1 Å². The first-order valence-electron chi connectivity index (χ1n) is 8.60. The van der Waals surface area contributed by atoms with Gasteiger partial charge in [0.2, 0.25) is 11.3 Å². The van der Waals surface area contributed by atoms with Crippen molar-refractivity contribution < 1.29 is 14.5 Å². The van der Waals surface area contributed by atoms with E-state index >= 15 is 0 Å². The minimum Gasteiger partial charge on any atom is -0.478 e.